The van der Waals surface area contributed by atoms with Crippen LogP contribution in [0.4, 0.5) is 14.5 Å². The molecule has 1 aromatic carbocycles. The molecule has 0 aromatic heterocycles. The summed E-state index contributed by atoms with van der Waals surface area (Å²) in [5.74, 6) is -2.20. The van der Waals surface area contributed by atoms with Gasteiger partial charge in [0, 0.05) is 6.07 Å². The molecule has 0 radical (unpaired) electrons. The maximum atomic E-state index is 12.8. The van der Waals surface area contributed by atoms with Crippen LogP contribution in [0.15, 0.2) is 12.1 Å². The van der Waals surface area contributed by atoms with Crippen molar-refractivity contribution >= 4 is 11.5 Å². The number of carbonyl (C=O) groups excluding carboxylic acids is 1. The molecule has 0 aliphatic rings. The van der Waals surface area contributed by atoms with Crippen LogP contribution >= 0.6 is 0 Å². The first-order chi connectivity index (χ1) is 5.52. The van der Waals surface area contributed by atoms with E-state index in [9.17, 15) is 13.6 Å². The highest BCUT2D eigenvalue weighted by atomic mass is 19.1. The molecule has 64 valence electrons. The number of anilines is 1. The van der Waals surface area contributed by atoms with E-state index in [0.717, 1.165) is 6.07 Å². The number of benzene rings is 1. The summed E-state index contributed by atoms with van der Waals surface area (Å²) < 4.78 is 25.3. The number of hydrogen-bond donors (Lipinski definition) is 1. The quantitative estimate of drug-likeness (QED) is 0.516. The zero-order valence-electron chi connectivity index (χ0n) is 6.40. The van der Waals surface area contributed by atoms with Gasteiger partial charge in [0.25, 0.3) is 0 Å². The van der Waals surface area contributed by atoms with Crippen molar-refractivity contribution in [3.8, 4) is 0 Å². The summed E-state index contributed by atoms with van der Waals surface area (Å²) in [4.78, 5) is 10.7. The first-order valence-electron chi connectivity index (χ1n) is 3.28. The molecule has 1 aromatic rings. The lowest BCUT2D eigenvalue weighted by atomic mass is 10.1. The third-order valence-corrected chi connectivity index (χ3v) is 1.47. The van der Waals surface area contributed by atoms with Crippen LogP contribution in [0, 0.1) is 11.6 Å². The van der Waals surface area contributed by atoms with E-state index in [0.29, 0.717) is 6.07 Å². The lowest BCUT2D eigenvalue weighted by Gasteiger charge is -2.00. The summed E-state index contributed by atoms with van der Waals surface area (Å²) in [5, 5.41) is 0. The first kappa shape index (κ1) is 8.64. The Morgan fingerprint density at radius 2 is 1.92 bits per heavy atom. The molecule has 0 amide bonds. The number of ketones is 1. The first-order valence-corrected chi connectivity index (χ1v) is 3.28. The van der Waals surface area contributed by atoms with Gasteiger partial charge in [-0.15, -0.1) is 0 Å². The number of nitrogens with two attached hydrogens (primary N) is 1. The molecule has 1 rings (SSSR count). The molecule has 0 atom stereocenters. The molecular formula is C8H7F2NO. The van der Waals surface area contributed by atoms with Crippen molar-refractivity contribution in [3.05, 3.63) is 29.3 Å². The van der Waals surface area contributed by atoms with Crippen LogP contribution in [0.1, 0.15) is 17.3 Å². The van der Waals surface area contributed by atoms with Gasteiger partial charge in [0.1, 0.15) is 11.6 Å². The summed E-state index contributed by atoms with van der Waals surface area (Å²) in [6, 6.07) is 1.60. The van der Waals surface area contributed by atoms with Crippen LogP contribution < -0.4 is 5.73 Å². The Labute approximate surface area is 68.0 Å². The van der Waals surface area contributed by atoms with Gasteiger partial charge in [-0.25, -0.2) is 8.78 Å². The lowest BCUT2D eigenvalue weighted by molar-refractivity contribution is 0.101. The van der Waals surface area contributed by atoms with Crippen LogP contribution in [0.2, 0.25) is 0 Å². The molecular weight excluding hydrogens is 164 g/mol. The topological polar surface area (TPSA) is 43.1 Å². The van der Waals surface area contributed by atoms with Gasteiger partial charge in [0.15, 0.2) is 5.78 Å². The molecule has 0 saturated heterocycles. The summed E-state index contributed by atoms with van der Waals surface area (Å²) >= 11 is 0. The molecule has 0 spiro atoms. The van der Waals surface area contributed by atoms with E-state index in [4.69, 9.17) is 5.73 Å². The second-order valence-electron chi connectivity index (χ2n) is 2.41. The van der Waals surface area contributed by atoms with Gasteiger partial charge in [-0.05, 0) is 13.0 Å². The Hall–Kier alpha value is -1.45. The number of Topliss-reactive ketones (excluding diaryl/α,β-unsaturated/α-hetero) is 1. The molecule has 4 heteroatoms. The minimum atomic E-state index is -0.880. The van der Waals surface area contributed by atoms with Crippen molar-refractivity contribution in [2.75, 3.05) is 5.73 Å². The minimum absolute atomic E-state index is 0.186. The number of hydrogen-bond acceptors (Lipinski definition) is 2. The predicted octanol–water partition coefficient (Wildman–Crippen LogP) is 1.75. The second-order valence-corrected chi connectivity index (χ2v) is 2.41. The second kappa shape index (κ2) is 2.89. The van der Waals surface area contributed by atoms with Gasteiger partial charge in [0.2, 0.25) is 0 Å². The van der Waals surface area contributed by atoms with E-state index in [1.165, 1.54) is 6.92 Å². The Kier molecular flexibility index (Phi) is 2.08. The largest absolute Gasteiger partial charge is 0.396 e. The average Bonchev–Trinajstić information content (AvgIpc) is 1.96. The van der Waals surface area contributed by atoms with Crippen molar-refractivity contribution < 1.29 is 13.6 Å². The van der Waals surface area contributed by atoms with Crippen molar-refractivity contribution in [1.29, 1.82) is 0 Å². The smallest absolute Gasteiger partial charge is 0.162 e. The zero-order valence-corrected chi connectivity index (χ0v) is 6.40. The SMILES string of the molecule is CC(=O)c1cc(N)c(F)cc1F. The number of carbonyl (C=O) groups is 1. The molecule has 0 bridgehead atoms. The maximum Gasteiger partial charge on any atom is 0.162 e. The monoisotopic (exact) mass is 171 g/mol. The van der Waals surface area contributed by atoms with Crippen LogP contribution in [0.5, 0.6) is 0 Å². The van der Waals surface area contributed by atoms with Crippen molar-refractivity contribution in [2.45, 2.75) is 6.92 Å². The average molecular weight is 171 g/mol. The maximum absolute atomic E-state index is 12.8. The van der Waals surface area contributed by atoms with E-state index < -0.39 is 17.4 Å². The van der Waals surface area contributed by atoms with Crippen LogP contribution in [-0.4, -0.2) is 5.78 Å². The number of halogens is 2. The third kappa shape index (κ3) is 1.42. The van der Waals surface area contributed by atoms with Gasteiger partial charge < -0.3 is 5.73 Å². The molecule has 0 aliphatic carbocycles. The molecule has 2 N–H and O–H groups in total. The normalized spacial score (nSPS) is 9.92. The lowest BCUT2D eigenvalue weighted by Crippen LogP contribution is -2.01. The highest BCUT2D eigenvalue weighted by Crippen LogP contribution is 2.16. The van der Waals surface area contributed by atoms with Gasteiger partial charge in [-0.2, -0.15) is 0 Å². The van der Waals surface area contributed by atoms with Gasteiger partial charge >= 0.3 is 0 Å². The Morgan fingerprint density at radius 1 is 1.33 bits per heavy atom. The molecule has 0 unspecified atom stereocenters. The molecule has 2 nitrogen and oxygen atoms in total. The van der Waals surface area contributed by atoms with Crippen molar-refractivity contribution in [3.63, 3.8) is 0 Å². The van der Waals surface area contributed by atoms with Crippen LogP contribution in [0.25, 0.3) is 0 Å². The molecule has 0 saturated carbocycles. The Morgan fingerprint density at radius 3 is 2.42 bits per heavy atom. The summed E-state index contributed by atoms with van der Waals surface area (Å²) in [7, 11) is 0. The third-order valence-electron chi connectivity index (χ3n) is 1.47. The van der Waals surface area contributed by atoms with Gasteiger partial charge in [0.05, 0.1) is 11.3 Å². The summed E-state index contributed by atoms with van der Waals surface area (Å²) in [6.07, 6.45) is 0. The fraction of sp³-hybridized carbons (Fsp3) is 0.125. The van der Waals surface area contributed by atoms with Crippen molar-refractivity contribution in [1.82, 2.24) is 0 Å². The molecule has 0 aliphatic heterocycles. The van der Waals surface area contributed by atoms with E-state index in [-0.39, 0.29) is 11.3 Å². The Bertz CT molecular complexity index is 336. The number of rotatable bonds is 1. The molecule has 0 fully saturated rings. The highest BCUT2D eigenvalue weighted by Gasteiger charge is 2.10. The van der Waals surface area contributed by atoms with Gasteiger partial charge in [-0.3, -0.25) is 4.79 Å². The molecule has 12 heavy (non-hydrogen) atoms. The predicted molar refractivity (Wildman–Crippen MR) is 40.8 cm³/mol. The van der Waals surface area contributed by atoms with E-state index in [2.05, 4.69) is 0 Å². The number of nitrogen functional groups attached to an aromatic ring is 1. The Balaban J connectivity index is 3.33. The standard InChI is InChI=1S/C8H7F2NO/c1-4(12)5-2-8(11)7(10)3-6(5)9/h2-3H,11H2,1H3. The fourth-order valence-corrected chi connectivity index (χ4v) is 0.836. The van der Waals surface area contributed by atoms with Crippen molar-refractivity contribution in [2.24, 2.45) is 0 Å². The highest BCUT2D eigenvalue weighted by molar-refractivity contribution is 5.95. The zero-order chi connectivity index (χ0) is 9.30. The molecule has 0 heterocycles. The fourth-order valence-electron chi connectivity index (χ4n) is 0.836. The van der Waals surface area contributed by atoms with Crippen LogP contribution in [0.3, 0.4) is 0 Å². The van der Waals surface area contributed by atoms with E-state index in [1.807, 2.05) is 0 Å². The van der Waals surface area contributed by atoms with E-state index in [1.54, 1.807) is 0 Å². The van der Waals surface area contributed by atoms with Crippen LogP contribution in [-0.2, 0) is 0 Å². The summed E-state index contributed by atoms with van der Waals surface area (Å²) in [6.45, 7) is 1.19. The van der Waals surface area contributed by atoms with E-state index >= 15 is 0 Å². The van der Waals surface area contributed by atoms with Gasteiger partial charge in [-0.1, -0.05) is 0 Å². The minimum Gasteiger partial charge on any atom is -0.396 e. The summed E-state index contributed by atoms with van der Waals surface area (Å²) in [5.41, 5.74) is 4.73.